The number of anilines is 1. The van der Waals surface area contributed by atoms with Gasteiger partial charge in [-0.3, -0.25) is 4.79 Å². The average molecular weight is 203 g/mol. The molecule has 1 amide bonds. The number of hydrogen-bond acceptors (Lipinski definition) is 1. The van der Waals surface area contributed by atoms with Crippen LogP contribution < -0.4 is 5.32 Å². The van der Waals surface area contributed by atoms with Crippen molar-refractivity contribution in [1.82, 2.24) is 0 Å². The maximum atomic E-state index is 11.5. The van der Waals surface area contributed by atoms with Crippen LogP contribution in [0.3, 0.4) is 0 Å². The van der Waals surface area contributed by atoms with Crippen LogP contribution in [0.25, 0.3) is 0 Å². The van der Waals surface area contributed by atoms with E-state index in [0.717, 1.165) is 16.8 Å². The largest absolute Gasteiger partial charge is 0.322 e. The van der Waals surface area contributed by atoms with Crippen LogP contribution in [-0.4, -0.2) is 5.91 Å². The fraction of sp³-hybridized carbons (Fsp3) is 0.308. The summed E-state index contributed by atoms with van der Waals surface area (Å²) in [5.74, 6) is -0.0676. The molecule has 0 bridgehead atoms. The van der Waals surface area contributed by atoms with E-state index in [1.54, 1.807) is 6.08 Å². The SMILES string of the molecule is CC(C)=CC(=O)Nc1ccc(C)cc1C. The molecule has 0 aliphatic carbocycles. The van der Waals surface area contributed by atoms with Gasteiger partial charge in [0.25, 0.3) is 0 Å². The summed E-state index contributed by atoms with van der Waals surface area (Å²) in [5, 5.41) is 2.85. The summed E-state index contributed by atoms with van der Waals surface area (Å²) in [6.45, 7) is 7.84. The molecule has 0 saturated heterocycles. The number of aryl methyl sites for hydroxylation is 2. The lowest BCUT2D eigenvalue weighted by atomic mass is 10.1. The van der Waals surface area contributed by atoms with E-state index in [0.29, 0.717) is 0 Å². The number of nitrogens with one attached hydrogen (secondary N) is 1. The molecule has 0 spiro atoms. The van der Waals surface area contributed by atoms with E-state index in [1.165, 1.54) is 5.56 Å². The predicted octanol–water partition coefficient (Wildman–Crippen LogP) is 3.21. The lowest BCUT2D eigenvalue weighted by molar-refractivity contribution is -0.111. The molecule has 0 fully saturated rings. The zero-order valence-corrected chi connectivity index (χ0v) is 9.72. The third kappa shape index (κ3) is 3.58. The molecule has 1 aromatic rings. The number of rotatable bonds is 2. The normalized spacial score (nSPS) is 9.60. The topological polar surface area (TPSA) is 29.1 Å². The number of carbonyl (C=O) groups excluding carboxylic acids is 1. The van der Waals surface area contributed by atoms with Gasteiger partial charge in [-0.15, -0.1) is 0 Å². The van der Waals surface area contributed by atoms with E-state index in [4.69, 9.17) is 0 Å². The van der Waals surface area contributed by atoms with Gasteiger partial charge in [0.05, 0.1) is 0 Å². The summed E-state index contributed by atoms with van der Waals surface area (Å²) in [4.78, 5) is 11.5. The Labute approximate surface area is 91.0 Å². The van der Waals surface area contributed by atoms with Crippen LogP contribution in [0.2, 0.25) is 0 Å². The monoisotopic (exact) mass is 203 g/mol. The summed E-state index contributed by atoms with van der Waals surface area (Å²) >= 11 is 0. The first-order chi connectivity index (χ1) is 6.99. The standard InChI is InChI=1S/C13H17NO/c1-9(2)7-13(15)14-12-6-5-10(3)8-11(12)4/h5-8H,1-4H3,(H,14,15). The van der Waals surface area contributed by atoms with E-state index in [2.05, 4.69) is 11.4 Å². The average Bonchev–Trinajstić information content (AvgIpc) is 2.08. The van der Waals surface area contributed by atoms with E-state index in [1.807, 2.05) is 39.8 Å². The molecule has 0 unspecified atom stereocenters. The van der Waals surface area contributed by atoms with E-state index < -0.39 is 0 Å². The van der Waals surface area contributed by atoms with E-state index >= 15 is 0 Å². The van der Waals surface area contributed by atoms with Gasteiger partial charge in [0.15, 0.2) is 0 Å². The Bertz CT molecular complexity index is 401. The Morgan fingerprint density at radius 1 is 1.27 bits per heavy atom. The second kappa shape index (κ2) is 4.78. The lowest BCUT2D eigenvalue weighted by Crippen LogP contribution is -2.09. The Kier molecular flexibility index (Phi) is 3.67. The van der Waals surface area contributed by atoms with E-state index in [-0.39, 0.29) is 5.91 Å². The van der Waals surface area contributed by atoms with Gasteiger partial charge in [0, 0.05) is 11.8 Å². The van der Waals surface area contributed by atoms with Crippen LogP contribution in [0.1, 0.15) is 25.0 Å². The van der Waals surface area contributed by atoms with Crippen molar-refractivity contribution in [2.75, 3.05) is 5.32 Å². The third-order valence-electron chi connectivity index (χ3n) is 2.06. The lowest BCUT2D eigenvalue weighted by Gasteiger charge is -2.07. The summed E-state index contributed by atoms with van der Waals surface area (Å²) in [6, 6.07) is 5.98. The van der Waals surface area contributed by atoms with Gasteiger partial charge in [-0.2, -0.15) is 0 Å². The van der Waals surface area contributed by atoms with Crippen LogP contribution in [0, 0.1) is 13.8 Å². The molecular formula is C13H17NO. The first kappa shape index (κ1) is 11.5. The van der Waals surface area contributed by atoms with Gasteiger partial charge in [0.2, 0.25) is 5.91 Å². The van der Waals surface area contributed by atoms with Crippen LogP contribution in [-0.2, 0) is 4.79 Å². The summed E-state index contributed by atoms with van der Waals surface area (Å²) in [7, 11) is 0. The van der Waals surface area contributed by atoms with Crippen LogP contribution >= 0.6 is 0 Å². The molecule has 0 aliphatic rings. The molecular weight excluding hydrogens is 186 g/mol. The number of allylic oxidation sites excluding steroid dienone is 1. The minimum absolute atomic E-state index is 0.0676. The van der Waals surface area contributed by atoms with Crippen molar-refractivity contribution in [3.8, 4) is 0 Å². The Morgan fingerprint density at radius 2 is 1.93 bits per heavy atom. The maximum Gasteiger partial charge on any atom is 0.248 e. The van der Waals surface area contributed by atoms with Crippen LogP contribution in [0.15, 0.2) is 29.8 Å². The molecule has 0 aliphatic heterocycles. The molecule has 2 nitrogen and oxygen atoms in total. The first-order valence-corrected chi connectivity index (χ1v) is 5.02. The molecule has 80 valence electrons. The molecule has 15 heavy (non-hydrogen) atoms. The highest BCUT2D eigenvalue weighted by atomic mass is 16.1. The molecule has 0 saturated carbocycles. The van der Waals surface area contributed by atoms with Crippen molar-refractivity contribution in [3.63, 3.8) is 0 Å². The van der Waals surface area contributed by atoms with Crippen molar-refractivity contribution < 1.29 is 4.79 Å². The Morgan fingerprint density at radius 3 is 2.47 bits per heavy atom. The van der Waals surface area contributed by atoms with Crippen LogP contribution in [0.4, 0.5) is 5.69 Å². The van der Waals surface area contributed by atoms with Crippen molar-refractivity contribution in [1.29, 1.82) is 0 Å². The molecule has 1 rings (SSSR count). The van der Waals surface area contributed by atoms with Gasteiger partial charge >= 0.3 is 0 Å². The van der Waals surface area contributed by atoms with E-state index in [9.17, 15) is 4.79 Å². The van der Waals surface area contributed by atoms with Gasteiger partial charge in [-0.25, -0.2) is 0 Å². The third-order valence-corrected chi connectivity index (χ3v) is 2.06. The quantitative estimate of drug-likeness (QED) is 0.735. The molecule has 2 heteroatoms. The highest BCUT2D eigenvalue weighted by Crippen LogP contribution is 2.15. The van der Waals surface area contributed by atoms with Gasteiger partial charge < -0.3 is 5.32 Å². The zero-order valence-electron chi connectivity index (χ0n) is 9.72. The smallest absolute Gasteiger partial charge is 0.248 e. The Balaban J connectivity index is 2.82. The summed E-state index contributed by atoms with van der Waals surface area (Å²) in [6.07, 6.45) is 1.60. The maximum absolute atomic E-state index is 11.5. The fourth-order valence-corrected chi connectivity index (χ4v) is 1.38. The minimum atomic E-state index is -0.0676. The molecule has 1 aromatic carbocycles. The summed E-state index contributed by atoms with van der Waals surface area (Å²) in [5.41, 5.74) is 4.17. The predicted molar refractivity (Wildman–Crippen MR) is 64.0 cm³/mol. The first-order valence-electron chi connectivity index (χ1n) is 5.02. The number of amides is 1. The zero-order chi connectivity index (χ0) is 11.4. The Hall–Kier alpha value is -1.57. The summed E-state index contributed by atoms with van der Waals surface area (Å²) < 4.78 is 0. The second-order valence-corrected chi connectivity index (χ2v) is 4.03. The molecule has 0 heterocycles. The number of hydrogen-bond donors (Lipinski definition) is 1. The van der Waals surface area contributed by atoms with Gasteiger partial charge in [-0.05, 0) is 39.3 Å². The van der Waals surface area contributed by atoms with Crippen molar-refractivity contribution >= 4 is 11.6 Å². The molecule has 0 aromatic heterocycles. The molecule has 0 radical (unpaired) electrons. The molecule has 0 atom stereocenters. The minimum Gasteiger partial charge on any atom is -0.322 e. The molecule has 1 N–H and O–H groups in total. The fourth-order valence-electron chi connectivity index (χ4n) is 1.38. The second-order valence-electron chi connectivity index (χ2n) is 4.03. The van der Waals surface area contributed by atoms with Gasteiger partial charge in [0.1, 0.15) is 0 Å². The van der Waals surface area contributed by atoms with Crippen molar-refractivity contribution in [2.24, 2.45) is 0 Å². The van der Waals surface area contributed by atoms with Crippen molar-refractivity contribution in [3.05, 3.63) is 41.0 Å². The highest BCUT2D eigenvalue weighted by Gasteiger charge is 2.01. The number of benzene rings is 1. The van der Waals surface area contributed by atoms with Gasteiger partial charge in [-0.1, -0.05) is 23.3 Å². The highest BCUT2D eigenvalue weighted by molar-refractivity contribution is 6.00. The van der Waals surface area contributed by atoms with Crippen molar-refractivity contribution in [2.45, 2.75) is 27.7 Å². The van der Waals surface area contributed by atoms with Crippen LogP contribution in [0.5, 0.6) is 0 Å². The number of carbonyl (C=O) groups is 1.